The van der Waals surface area contributed by atoms with E-state index >= 15 is 0 Å². The number of carbonyl (C=O) groups excluding carboxylic acids is 1. The van der Waals surface area contributed by atoms with Crippen LogP contribution in [0.3, 0.4) is 0 Å². The number of oxazole rings is 1. The molecule has 134 valence electrons. The minimum Gasteiger partial charge on any atom is -0.445 e. The first kappa shape index (κ1) is 15.9. The van der Waals surface area contributed by atoms with Crippen LogP contribution in [0.4, 0.5) is 0 Å². The van der Waals surface area contributed by atoms with Crippen LogP contribution in [0.1, 0.15) is 33.3 Å². The molecule has 0 saturated heterocycles. The predicted octanol–water partition coefficient (Wildman–Crippen LogP) is 3.95. The summed E-state index contributed by atoms with van der Waals surface area (Å²) in [6.45, 7) is 1.13. The van der Waals surface area contributed by atoms with Gasteiger partial charge < -0.3 is 14.3 Å². The van der Waals surface area contributed by atoms with Crippen molar-refractivity contribution in [2.75, 3.05) is 6.54 Å². The van der Waals surface area contributed by atoms with Crippen LogP contribution in [-0.2, 0) is 19.4 Å². The second kappa shape index (κ2) is 6.43. The van der Waals surface area contributed by atoms with Crippen molar-refractivity contribution in [2.24, 2.45) is 0 Å². The summed E-state index contributed by atoms with van der Waals surface area (Å²) in [7, 11) is 0. The number of amides is 1. The number of aromatic nitrogens is 2. The Bertz CT molecular complexity index is 1110. The monoisotopic (exact) mass is 357 g/mol. The molecule has 5 nitrogen and oxygen atoms in total. The molecule has 0 saturated carbocycles. The maximum absolute atomic E-state index is 13.1. The van der Waals surface area contributed by atoms with Crippen LogP contribution in [0, 0.1) is 0 Å². The number of nitrogens with one attached hydrogen (secondary N) is 1. The highest BCUT2D eigenvalue weighted by molar-refractivity contribution is 6.05. The molecular weight excluding hydrogens is 338 g/mol. The molecule has 1 aliphatic rings. The van der Waals surface area contributed by atoms with Gasteiger partial charge in [0.25, 0.3) is 5.91 Å². The summed E-state index contributed by atoms with van der Waals surface area (Å²) in [6, 6.07) is 17.9. The van der Waals surface area contributed by atoms with Gasteiger partial charge in [0.1, 0.15) is 11.5 Å². The van der Waals surface area contributed by atoms with Gasteiger partial charge in [0, 0.05) is 31.0 Å². The molecule has 0 unspecified atom stereocenters. The minimum atomic E-state index is 0.0290. The van der Waals surface area contributed by atoms with Crippen LogP contribution < -0.4 is 0 Å². The lowest BCUT2D eigenvalue weighted by molar-refractivity contribution is 0.0729. The lowest BCUT2D eigenvalue weighted by Gasteiger charge is -2.25. The van der Waals surface area contributed by atoms with Crippen molar-refractivity contribution < 1.29 is 9.21 Å². The van der Waals surface area contributed by atoms with E-state index in [1.54, 1.807) is 0 Å². The smallest absolute Gasteiger partial charge is 0.256 e. The zero-order valence-electron chi connectivity index (χ0n) is 14.8. The average molecular weight is 357 g/mol. The topological polar surface area (TPSA) is 62.1 Å². The molecule has 0 aliphatic carbocycles. The Labute approximate surface area is 156 Å². The number of carbonyl (C=O) groups is 1. The van der Waals surface area contributed by atoms with Crippen LogP contribution in [0.15, 0.2) is 65.2 Å². The zero-order valence-corrected chi connectivity index (χ0v) is 14.8. The molecule has 27 heavy (non-hydrogen) atoms. The number of para-hydroxylation sites is 1. The lowest BCUT2D eigenvalue weighted by Crippen LogP contribution is -2.35. The van der Waals surface area contributed by atoms with Gasteiger partial charge in [-0.05, 0) is 17.7 Å². The summed E-state index contributed by atoms with van der Waals surface area (Å²) in [6.07, 6.45) is 3.23. The highest BCUT2D eigenvalue weighted by atomic mass is 16.4. The molecular formula is C22H19N3O2. The maximum Gasteiger partial charge on any atom is 0.256 e. The van der Waals surface area contributed by atoms with Gasteiger partial charge >= 0.3 is 0 Å². The summed E-state index contributed by atoms with van der Waals surface area (Å²) >= 11 is 0. The molecule has 1 amide bonds. The summed E-state index contributed by atoms with van der Waals surface area (Å²) in [5, 5.41) is 1.05. The quantitative estimate of drug-likeness (QED) is 0.604. The molecule has 1 aliphatic heterocycles. The minimum absolute atomic E-state index is 0.0290. The first-order valence-electron chi connectivity index (χ1n) is 9.15. The van der Waals surface area contributed by atoms with Gasteiger partial charge in [0.05, 0.1) is 17.6 Å². The van der Waals surface area contributed by atoms with E-state index in [1.165, 1.54) is 5.56 Å². The van der Waals surface area contributed by atoms with E-state index in [2.05, 4.69) is 22.1 Å². The van der Waals surface area contributed by atoms with Crippen LogP contribution in [0.25, 0.3) is 10.9 Å². The van der Waals surface area contributed by atoms with Crippen LogP contribution in [-0.4, -0.2) is 27.3 Å². The molecule has 2 aromatic carbocycles. The number of hydrogen-bond donors (Lipinski definition) is 1. The normalized spacial score (nSPS) is 13.7. The van der Waals surface area contributed by atoms with Gasteiger partial charge in [-0.2, -0.15) is 0 Å². The number of H-pyrrole nitrogens is 1. The van der Waals surface area contributed by atoms with E-state index in [0.717, 1.165) is 22.4 Å². The van der Waals surface area contributed by atoms with Crippen molar-refractivity contribution in [1.29, 1.82) is 0 Å². The van der Waals surface area contributed by atoms with E-state index in [9.17, 15) is 4.79 Å². The summed E-state index contributed by atoms with van der Waals surface area (Å²) in [5.41, 5.74) is 3.63. The van der Waals surface area contributed by atoms with E-state index in [1.807, 2.05) is 53.6 Å². The SMILES string of the molecule is O=C(c1cccc2cc[nH]c12)N1CCc2oc(Cc3ccccc3)nc2C1. The molecule has 0 spiro atoms. The molecule has 5 rings (SSSR count). The average Bonchev–Trinajstić information content (AvgIpc) is 3.33. The fourth-order valence-electron chi connectivity index (χ4n) is 3.70. The number of benzene rings is 2. The molecule has 5 heteroatoms. The number of rotatable bonds is 3. The van der Waals surface area contributed by atoms with Gasteiger partial charge in [-0.1, -0.05) is 42.5 Å². The van der Waals surface area contributed by atoms with E-state index in [0.29, 0.717) is 37.4 Å². The van der Waals surface area contributed by atoms with Crippen molar-refractivity contribution in [2.45, 2.75) is 19.4 Å². The van der Waals surface area contributed by atoms with Crippen molar-refractivity contribution in [3.8, 4) is 0 Å². The summed E-state index contributed by atoms with van der Waals surface area (Å²) in [4.78, 5) is 22.8. The van der Waals surface area contributed by atoms with Crippen molar-refractivity contribution in [3.05, 3.63) is 89.3 Å². The van der Waals surface area contributed by atoms with Gasteiger partial charge in [0.15, 0.2) is 5.89 Å². The molecule has 0 radical (unpaired) electrons. The predicted molar refractivity (Wildman–Crippen MR) is 102 cm³/mol. The van der Waals surface area contributed by atoms with Gasteiger partial charge in [-0.25, -0.2) is 4.98 Å². The Kier molecular flexibility index (Phi) is 3.78. The number of fused-ring (bicyclic) bond motifs is 2. The fourth-order valence-corrected chi connectivity index (χ4v) is 3.70. The molecule has 2 aromatic heterocycles. The van der Waals surface area contributed by atoms with E-state index in [4.69, 9.17) is 4.42 Å². The highest BCUT2D eigenvalue weighted by Crippen LogP contribution is 2.25. The Morgan fingerprint density at radius 2 is 2.00 bits per heavy atom. The molecule has 0 fully saturated rings. The van der Waals surface area contributed by atoms with Crippen LogP contribution in [0.2, 0.25) is 0 Å². The number of hydrogen-bond acceptors (Lipinski definition) is 3. The van der Waals surface area contributed by atoms with Gasteiger partial charge in [0.2, 0.25) is 0 Å². The van der Waals surface area contributed by atoms with Gasteiger partial charge in [-0.3, -0.25) is 4.79 Å². The second-order valence-corrected chi connectivity index (χ2v) is 6.86. The number of nitrogens with zero attached hydrogens (tertiary/aromatic N) is 2. The Morgan fingerprint density at radius 3 is 2.89 bits per heavy atom. The maximum atomic E-state index is 13.1. The van der Waals surface area contributed by atoms with Crippen LogP contribution in [0.5, 0.6) is 0 Å². The molecule has 0 atom stereocenters. The lowest BCUT2D eigenvalue weighted by atomic mass is 10.1. The second-order valence-electron chi connectivity index (χ2n) is 6.86. The van der Waals surface area contributed by atoms with Crippen molar-refractivity contribution in [3.63, 3.8) is 0 Å². The Balaban J connectivity index is 1.38. The van der Waals surface area contributed by atoms with Crippen LogP contribution >= 0.6 is 0 Å². The van der Waals surface area contributed by atoms with E-state index < -0.39 is 0 Å². The third kappa shape index (κ3) is 2.91. The molecule has 1 N–H and O–H groups in total. The van der Waals surface area contributed by atoms with Crippen molar-refractivity contribution >= 4 is 16.8 Å². The first-order chi connectivity index (χ1) is 13.3. The zero-order chi connectivity index (χ0) is 18.2. The Hall–Kier alpha value is -3.34. The third-order valence-corrected chi connectivity index (χ3v) is 5.07. The standard InChI is InChI=1S/C22H19N3O2/c26-22(17-8-4-7-16-9-11-23-21(16)17)25-12-10-19-18(14-25)24-20(27-19)13-15-5-2-1-3-6-15/h1-9,11,23H,10,12-14H2. The first-order valence-corrected chi connectivity index (χ1v) is 9.15. The third-order valence-electron chi connectivity index (χ3n) is 5.07. The Morgan fingerprint density at radius 1 is 1.11 bits per heavy atom. The van der Waals surface area contributed by atoms with E-state index in [-0.39, 0.29) is 5.91 Å². The molecule has 3 heterocycles. The fraction of sp³-hybridized carbons (Fsp3) is 0.182. The van der Waals surface area contributed by atoms with Gasteiger partial charge in [-0.15, -0.1) is 0 Å². The largest absolute Gasteiger partial charge is 0.445 e. The molecule has 4 aromatic rings. The summed E-state index contributed by atoms with van der Waals surface area (Å²) < 4.78 is 5.95. The molecule has 0 bridgehead atoms. The number of aromatic amines is 1. The van der Waals surface area contributed by atoms with Crippen molar-refractivity contribution in [1.82, 2.24) is 14.9 Å². The highest BCUT2D eigenvalue weighted by Gasteiger charge is 2.27. The summed E-state index contributed by atoms with van der Waals surface area (Å²) in [5.74, 6) is 1.65.